The Morgan fingerprint density at radius 1 is 0.963 bits per heavy atom. The fourth-order valence-corrected chi connectivity index (χ4v) is 3.86. The van der Waals surface area contributed by atoms with Crippen LogP contribution in [0.3, 0.4) is 0 Å². The molecule has 0 radical (unpaired) electrons. The van der Waals surface area contributed by atoms with E-state index in [4.69, 9.17) is 5.73 Å². The van der Waals surface area contributed by atoms with Gasteiger partial charge in [-0.2, -0.15) is 0 Å². The number of nitrogens with zero attached hydrogens (tertiary/aromatic N) is 1. The number of anilines is 1. The van der Waals surface area contributed by atoms with Crippen molar-refractivity contribution in [1.29, 1.82) is 0 Å². The smallest absolute Gasteiger partial charge is 0.0366 e. The molecule has 2 aromatic rings. The molecule has 1 saturated heterocycles. The van der Waals surface area contributed by atoms with Crippen molar-refractivity contribution in [2.45, 2.75) is 26.7 Å². The Labute approximate surface area is 163 Å². The molecule has 3 heteroatoms. The van der Waals surface area contributed by atoms with Gasteiger partial charge in [-0.25, -0.2) is 0 Å². The number of hydrogen-bond donors (Lipinski definition) is 2. The lowest BCUT2D eigenvalue weighted by Gasteiger charge is -2.24. The molecule has 0 amide bonds. The Morgan fingerprint density at radius 3 is 2.19 bits per heavy atom. The minimum absolute atomic E-state index is 0.811. The Hall–Kier alpha value is -2.52. The molecule has 0 unspecified atom stereocenters. The van der Waals surface area contributed by atoms with Gasteiger partial charge in [-0.15, -0.1) is 0 Å². The lowest BCUT2D eigenvalue weighted by atomic mass is 9.88. The Morgan fingerprint density at radius 2 is 1.59 bits per heavy atom. The van der Waals surface area contributed by atoms with E-state index < -0.39 is 0 Å². The van der Waals surface area contributed by atoms with Crippen LogP contribution >= 0.6 is 0 Å². The van der Waals surface area contributed by atoms with Crippen LogP contribution in [0.1, 0.15) is 43.4 Å². The second-order valence-corrected chi connectivity index (χ2v) is 7.05. The van der Waals surface area contributed by atoms with E-state index in [2.05, 4.69) is 67.0 Å². The van der Waals surface area contributed by atoms with E-state index in [9.17, 15) is 0 Å². The molecule has 3 N–H and O–H groups in total. The van der Waals surface area contributed by atoms with Crippen molar-refractivity contribution in [2.75, 3.05) is 31.9 Å². The molecule has 0 aliphatic carbocycles. The summed E-state index contributed by atoms with van der Waals surface area (Å²) in [6, 6.07) is 17.1. The zero-order chi connectivity index (χ0) is 19.2. The summed E-state index contributed by atoms with van der Waals surface area (Å²) in [7, 11) is 0. The van der Waals surface area contributed by atoms with Gasteiger partial charge in [0.2, 0.25) is 0 Å². The molecular weight excluding hydrogens is 330 g/mol. The fraction of sp³-hybridized carbons (Fsp3) is 0.333. The third kappa shape index (κ3) is 4.42. The molecule has 2 aromatic carbocycles. The van der Waals surface area contributed by atoms with Crippen molar-refractivity contribution < 1.29 is 0 Å². The van der Waals surface area contributed by atoms with Crippen LogP contribution in [0.25, 0.3) is 11.3 Å². The van der Waals surface area contributed by atoms with Gasteiger partial charge in [-0.3, -0.25) is 0 Å². The van der Waals surface area contributed by atoms with E-state index in [0.717, 1.165) is 50.4 Å². The number of nitrogen functional groups attached to an aromatic ring is 1. The van der Waals surface area contributed by atoms with Crippen molar-refractivity contribution >= 4 is 17.0 Å². The van der Waals surface area contributed by atoms with E-state index in [1.54, 1.807) is 0 Å². The topological polar surface area (TPSA) is 41.3 Å². The van der Waals surface area contributed by atoms with Crippen molar-refractivity contribution in [3.8, 4) is 0 Å². The maximum Gasteiger partial charge on any atom is 0.0366 e. The normalized spacial score (nSPS) is 14.1. The molecule has 142 valence electrons. The quantitative estimate of drug-likeness (QED) is 0.729. The van der Waals surface area contributed by atoms with Gasteiger partial charge in [-0.1, -0.05) is 48.6 Å². The monoisotopic (exact) mass is 361 g/mol. The molecule has 27 heavy (non-hydrogen) atoms. The molecule has 1 fully saturated rings. The number of hydrogen-bond acceptors (Lipinski definition) is 3. The summed E-state index contributed by atoms with van der Waals surface area (Å²) in [4.78, 5) is 2.29. The van der Waals surface area contributed by atoms with Crippen LogP contribution in [0, 0.1) is 0 Å². The van der Waals surface area contributed by atoms with Crippen molar-refractivity contribution in [3.05, 3.63) is 77.4 Å². The van der Waals surface area contributed by atoms with Gasteiger partial charge in [0.05, 0.1) is 0 Å². The molecule has 3 rings (SSSR count). The maximum absolute atomic E-state index is 6.08. The Bertz CT molecular complexity index is 806. The summed E-state index contributed by atoms with van der Waals surface area (Å²) in [6.45, 7) is 12.7. The number of nitrogens with one attached hydrogen (secondary N) is 1. The molecular formula is C24H31N3. The molecule has 0 aromatic heterocycles. The highest BCUT2D eigenvalue weighted by Crippen LogP contribution is 2.32. The van der Waals surface area contributed by atoms with Crippen LogP contribution in [0.5, 0.6) is 0 Å². The second-order valence-electron chi connectivity index (χ2n) is 7.05. The third-order valence-corrected chi connectivity index (χ3v) is 5.39. The lowest BCUT2D eigenvalue weighted by molar-refractivity contribution is 0.443. The molecule has 0 saturated carbocycles. The van der Waals surface area contributed by atoms with Gasteiger partial charge in [0.15, 0.2) is 0 Å². The summed E-state index contributed by atoms with van der Waals surface area (Å²) >= 11 is 0. The minimum atomic E-state index is 0.811. The van der Waals surface area contributed by atoms with E-state index in [-0.39, 0.29) is 0 Å². The van der Waals surface area contributed by atoms with Gasteiger partial charge >= 0.3 is 0 Å². The average molecular weight is 362 g/mol. The van der Waals surface area contributed by atoms with E-state index in [1.807, 2.05) is 12.1 Å². The van der Waals surface area contributed by atoms with Crippen LogP contribution in [-0.2, 0) is 0 Å². The van der Waals surface area contributed by atoms with Crippen LogP contribution < -0.4 is 11.1 Å². The first-order valence-corrected chi connectivity index (χ1v) is 9.97. The standard InChI is InChI=1S/C24H31N3/c1-4-27(5-2)18(3)19-9-11-20(12-10-19)24(21-13-15-26-16-14-21)22-7-6-8-23(25)17-22/h6-12,17,26H,3-5,13-16,25H2,1-2H3. The highest BCUT2D eigenvalue weighted by Gasteiger charge is 2.15. The number of piperidine rings is 1. The molecule has 0 spiro atoms. The van der Waals surface area contributed by atoms with Gasteiger partial charge in [0.1, 0.15) is 0 Å². The number of rotatable bonds is 6. The van der Waals surface area contributed by atoms with Crippen LogP contribution in [-0.4, -0.2) is 31.1 Å². The zero-order valence-corrected chi connectivity index (χ0v) is 16.6. The third-order valence-electron chi connectivity index (χ3n) is 5.39. The summed E-state index contributed by atoms with van der Waals surface area (Å²) in [5.74, 6) is 0. The molecule has 1 heterocycles. The molecule has 1 aliphatic rings. The van der Waals surface area contributed by atoms with Gasteiger partial charge in [0.25, 0.3) is 0 Å². The van der Waals surface area contributed by atoms with E-state index in [1.165, 1.54) is 27.8 Å². The van der Waals surface area contributed by atoms with Crippen LogP contribution in [0.4, 0.5) is 5.69 Å². The van der Waals surface area contributed by atoms with Crippen LogP contribution in [0.2, 0.25) is 0 Å². The van der Waals surface area contributed by atoms with Gasteiger partial charge < -0.3 is 16.0 Å². The highest BCUT2D eigenvalue weighted by atomic mass is 15.1. The molecule has 0 atom stereocenters. The Balaban J connectivity index is 1.99. The maximum atomic E-state index is 6.08. The summed E-state index contributed by atoms with van der Waals surface area (Å²) < 4.78 is 0. The minimum Gasteiger partial charge on any atom is -0.399 e. The number of nitrogens with two attached hydrogens (primary N) is 1. The van der Waals surface area contributed by atoms with Gasteiger partial charge in [0, 0.05) is 24.5 Å². The predicted octanol–water partition coefficient (Wildman–Crippen LogP) is 4.77. The number of benzene rings is 2. The second kappa shape index (κ2) is 8.92. The summed E-state index contributed by atoms with van der Waals surface area (Å²) in [5.41, 5.74) is 14.5. The molecule has 1 aliphatic heterocycles. The highest BCUT2D eigenvalue weighted by molar-refractivity contribution is 5.84. The summed E-state index contributed by atoms with van der Waals surface area (Å²) in [5, 5.41) is 3.46. The first kappa shape index (κ1) is 19.2. The van der Waals surface area contributed by atoms with E-state index in [0.29, 0.717) is 0 Å². The lowest BCUT2D eigenvalue weighted by Crippen LogP contribution is -2.24. The largest absolute Gasteiger partial charge is 0.399 e. The van der Waals surface area contributed by atoms with Crippen molar-refractivity contribution in [1.82, 2.24) is 10.2 Å². The predicted molar refractivity (Wildman–Crippen MR) is 117 cm³/mol. The van der Waals surface area contributed by atoms with Crippen LogP contribution in [0.15, 0.2) is 60.7 Å². The molecule has 3 nitrogen and oxygen atoms in total. The first-order chi connectivity index (χ1) is 13.1. The van der Waals surface area contributed by atoms with Crippen molar-refractivity contribution in [2.24, 2.45) is 0 Å². The van der Waals surface area contributed by atoms with Crippen molar-refractivity contribution in [3.63, 3.8) is 0 Å². The SMILES string of the molecule is C=C(c1ccc(C(=C2CCNCC2)c2cccc(N)c2)cc1)N(CC)CC. The average Bonchev–Trinajstić information content (AvgIpc) is 2.70. The fourth-order valence-electron chi connectivity index (χ4n) is 3.86. The summed E-state index contributed by atoms with van der Waals surface area (Å²) in [6.07, 6.45) is 2.16. The first-order valence-electron chi connectivity index (χ1n) is 9.97. The zero-order valence-electron chi connectivity index (χ0n) is 16.6. The Kier molecular flexibility index (Phi) is 6.36. The molecule has 0 bridgehead atoms. The van der Waals surface area contributed by atoms with E-state index >= 15 is 0 Å². The van der Waals surface area contributed by atoms with Gasteiger partial charge in [-0.05, 0) is 74.2 Å².